The van der Waals surface area contributed by atoms with Gasteiger partial charge in [0.2, 0.25) is 5.91 Å². The van der Waals surface area contributed by atoms with Gasteiger partial charge >= 0.3 is 0 Å². The average Bonchev–Trinajstić information content (AvgIpc) is 3.13. The van der Waals surface area contributed by atoms with Crippen LogP contribution < -0.4 is 5.32 Å². The summed E-state index contributed by atoms with van der Waals surface area (Å²) in [6, 6.07) is 1.77. The van der Waals surface area contributed by atoms with Crippen molar-refractivity contribution in [1.82, 2.24) is 15.5 Å². The van der Waals surface area contributed by atoms with Gasteiger partial charge in [-0.15, -0.1) is 10.2 Å². The van der Waals surface area contributed by atoms with Crippen molar-refractivity contribution in [3.8, 4) is 11.5 Å². The van der Waals surface area contributed by atoms with Crippen molar-refractivity contribution in [2.24, 2.45) is 0 Å². The summed E-state index contributed by atoms with van der Waals surface area (Å²) in [6.45, 7) is 7.03. The minimum absolute atomic E-state index is 0.0706. The molecule has 0 atom stereocenters. The Morgan fingerprint density at radius 1 is 1.43 bits per heavy atom. The highest BCUT2D eigenvalue weighted by Gasteiger charge is 2.14. The number of thioether (sulfide) groups is 1. The summed E-state index contributed by atoms with van der Waals surface area (Å²) in [4.78, 5) is 11.7. The van der Waals surface area contributed by atoms with Gasteiger partial charge in [0.15, 0.2) is 0 Å². The summed E-state index contributed by atoms with van der Waals surface area (Å²) in [5.74, 6) is 1.27. The van der Waals surface area contributed by atoms with Gasteiger partial charge < -0.3 is 18.9 Å². The van der Waals surface area contributed by atoms with Crippen LogP contribution in [0.15, 0.2) is 26.4 Å². The molecule has 0 aliphatic heterocycles. The van der Waals surface area contributed by atoms with E-state index in [9.17, 15) is 4.79 Å². The first-order chi connectivity index (χ1) is 11.1. The molecule has 2 aromatic rings. The number of furan rings is 1. The Labute approximate surface area is 139 Å². The predicted molar refractivity (Wildman–Crippen MR) is 86.2 cm³/mol. The Kier molecular flexibility index (Phi) is 6.66. The Morgan fingerprint density at radius 2 is 2.26 bits per heavy atom. The highest BCUT2D eigenvalue weighted by molar-refractivity contribution is 7.99. The van der Waals surface area contributed by atoms with Crippen LogP contribution >= 0.6 is 11.8 Å². The number of carbonyl (C=O) groups excluding carboxylic acids is 1. The van der Waals surface area contributed by atoms with Crippen molar-refractivity contribution in [2.75, 3.05) is 18.9 Å². The standard InChI is InChI=1S/C15H21N3O4S/c1-10(2)20-7-4-6-16-13(19)9-23-15-18-17-14(22-15)12-5-8-21-11(12)3/h5,8,10H,4,6-7,9H2,1-3H3,(H,16,19). The van der Waals surface area contributed by atoms with Crippen LogP contribution in [-0.2, 0) is 9.53 Å². The molecule has 2 heterocycles. The van der Waals surface area contributed by atoms with E-state index in [1.807, 2.05) is 20.8 Å². The maximum atomic E-state index is 11.7. The van der Waals surface area contributed by atoms with Gasteiger partial charge in [-0.3, -0.25) is 4.79 Å². The third kappa shape index (κ3) is 5.72. The summed E-state index contributed by atoms with van der Waals surface area (Å²) >= 11 is 1.21. The first kappa shape index (κ1) is 17.6. The molecule has 2 aromatic heterocycles. The Morgan fingerprint density at radius 3 is 2.96 bits per heavy atom. The van der Waals surface area contributed by atoms with Crippen LogP contribution in [0.2, 0.25) is 0 Å². The van der Waals surface area contributed by atoms with E-state index in [1.165, 1.54) is 11.8 Å². The van der Waals surface area contributed by atoms with Gasteiger partial charge in [-0.05, 0) is 33.3 Å². The first-order valence-electron chi connectivity index (χ1n) is 7.45. The van der Waals surface area contributed by atoms with E-state index in [0.29, 0.717) is 30.0 Å². The van der Waals surface area contributed by atoms with Crippen molar-refractivity contribution >= 4 is 17.7 Å². The monoisotopic (exact) mass is 339 g/mol. The van der Waals surface area contributed by atoms with E-state index in [2.05, 4.69) is 15.5 Å². The van der Waals surface area contributed by atoms with E-state index in [0.717, 1.165) is 12.0 Å². The minimum atomic E-state index is -0.0706. The van der Waals surface area contributed by atoms with E-state index in [1.54, 1.807) is 12.3 Å². The van der Waals surface area contributed by atoms with E-state index in [4.69, 9.17) is 13.6 Å². The fraction of sp³-hybridized carbons (Fsp3) is 0.533. The first-order valence-corrected chi connectivity index (χ1v) is 8.44. The summed E-state index contributed by atoms with van der Waals surface area (Å²) in [7, 11) is 0. The molecule has 0 aliphatic rings. The fourth-order valence-corrected chi connectivity index (χ4v) is 2.37. The molecular formula is C15H21N3O4S. The van der Waals surface area contributed by atoms with Gasteiger partial charge in [-0.1, -0.05) is 11.8 Å². The zero-order valence-electron chi connectivity index (χ0n) is 13.5. The van der Waals surface area contributed by atoms with Crippen LogP contribution in [-0.4, -0.2) is 41.1 Å². The van der Waals surface area contributed by atoms with Crippen LogP contribution in [0, 0.1) is 6.92 Å². The second-order valence-electron chi connectivity index (χ2n) is 5.18. The van der Waals surface area contributed by atoms with Crippen LogP contribution in [0.25, 0.3) is 11.5 Å². The number of aryl methyl sites for hydroxylation is 1. The Bertz CT molecular complexity index is 624. The van der Waals surface area contributed by atoms with Crippen molar-refractivity contribution in [1.29, 1.82) is 0 Å². The minimum Gasteiger partial charge on any atom is -0.469 e. The number of nitrogens with one attached hydrogen (secondary N) is 1. The van der Waals surface area contributed by atoms with Gasteiger partial charge in [0.05, 0.1) is 23.7 Å². The summed E-state index contributed by atoms with van der Waals surface area (Å²) in [5.41, 5.74) is 0.763. The van der Waals surface area contributed by atoms with Crippen molar-refractivity contribution < 1.29 is 18.4 Å². The number of nitrogens with zero attached hydrogens (tertiary/aromatic N) is 2. The normalized spacial score (nSPS) is 11.1. The summed E-state index contributed by atoms with van der Waals surface area (Å²) < 4.78 is 16.1. The second-order valence-corrected chi connectivity index (χ2v) is 6.10. The Balaban J connectivity index is 1.69. The topological polar surface area (TPSA) is 90.4 Å². The number of amides is 1. The highest BCUT2D eigenvalue weighted by Crippen LogP contribution is 2.26. The molecule has 23 heavy (non-hydrogen) atoms. The fourth-order valence-electron chi connectivity index (χ4n) is 1.78. The molecule has 0 saturated carbocycles. The molecule has 0 fully saturated rings. The lowest BCUT2D eigenvalue weighted by Crippen LogP contribution is -2.27. The van der Waals surface area contributed by atoms with Crippen molar-refractivity contribution in [3.05, 3.63) is 18.1 Å². The number of aromatic nitrogens is 2. The quantitative estimate of drug-likeness (QED) is 0.555. The number of hydrogen-bond donors (Lipinski definition) is 1. The Hall–Kier alpha value is -1.80. The van der Waals surface area contributed by atoms with Crippen molar-refractivity contribution in [2.45, 2.75) is 38.5 Å². The molecule has 7 nitrogen and oxygen atoms in total. The maximum Gasteiger partial charge on any atom is 0.277 e. The number of ether oxygens (including phenoxy) is 1. The molecule has 0 aromatic carbocycles. The van der Waals surface area contributed by atoms with Crippen LogP contribution in [0.4, 0.5) is 0 Å². The molecule has 0 bridgehead atoms. The molecule has 0 radical (unpaired) electrons. The van der Waals surface area contributed by atoms with E-state index in [-0.39, 0.29) is 17.8 Å². The van der Waals surface area contributed by atoms with Gasteiger partial charge in [0, 0.05) is 13.2 Å². The smallest absolute Gasteiger partial charge is 0.277 e. The van der Waals surface area contributed by atoms with Crippen LogP contribution in [0.5, 0.6) is 0 Å². The molecule has 0 unspecified atom stereocenters. The number of hydrogen-bond acceptors (Lipinski definition) is 7. The zero-order valence-corrected chi connectivity index (χ0v) is 14.3. The SMILES string of the molecule is Cc1occc1-c1nnc(SCC(=O)NCCCOC(C)C)o1. The third-order valence-electron chi connectivity index (χ3n) is 2.92. The predicted octanol–water partition coefficient (Wildman–Crippen LogP) is 2.66. The van der Waals surface area contributed by atoms with Crippen LogP contribution in [0.1, 0.15) is 26.0 Å². The molecule has 0 saturated heterocycles. The van der Waals surface area contributed by atoms with Crippen LogP contribution in [0.3, 0.4) is 0 Å². The second kappa shape index (κ2) is 8.73. The lowest BCUT2D eigenvalue weighted by Gasteiger charge is -2.07. The highest BCUT2D eigenvalue weighted by atomic mass is 32.2. The molecular weight excluding hydrogens is 318 g/mol. The molecule has 126 valence electrons. The molecule has 0 spiro atoms. The lowest BCUT2D eigenvalue weighted by atomic mass is 10.3. The lowest BCUT2D eigenvalue weighted by molar-refractivity contribution is -0.118. The molecule has 2 rings (SSSR count). The van der Waals surface area contributed by atoms with Crippen molar-refractivity contribution in [3.63, 3.8) is 0 Å². The number of rotatable bonds is 9. The van der Waals surface area contributed by atoms with Gasteiger partial charge in [0.25, 0.3) is 11.1 Å². The molecule has 8 heteroatoms. The third-order valence-corrected chi connectivity index (χ3v) is 3.74. The average molecular weight is 339 g/mol. The zero-order chi connectivity index (χ0) is 16.7. The van der Waals surface area contributed by atoms with E-state index >= 15 is 0 Å². The largest absolute Gasteiger partial charge is 0.469 e. The summed E-state index contributed by atoms with van der Waals surface area (Å²) in [5, 5.41) is 11.1. The molecule has 1 N–H and O–H groups in total. The maximum absolute atomic E-state index is 11.7. The molecule has 1 amide bonds. The van der Waals surface area contributed by atoms with Gasteiger partial charge in [-0.25, -0.2) is 0 Å². The molecule has 0 aliphatic carbocycles. The summed E-state index contributed by atoms with van der Waals surface area (Å²) in [6.07, 6.45) is 2.57. The van der Waals surface area contributed by atoms with Gasteiger partial charge in [0.1, 0.15) is 5.76 Å². The van der Waals surface area contributed by atoms with E-state index < -0.39 is 0 Å². The number of carbonyl (C=O) groups is 1. The van der Waals surface area contributed by atoms with Gasteiger partial charge in [-0.2, -0.15) is 0 Å².